The average Bonchev–Trinajstić information content (AvgIpc) is 1.44. The number of aliphatic hydroxyl groups excluding tert-OH is 2. The molecule has 16 atom stereocenters. The van der Waals surface area contributed by atoms with Crippen LogP contribution < -0.4 is 31.3 Å². The van der Waals surface area contributed by atoms with Crippen LogP contribution in [0.2, 0.25) is 0 Å². The fourth-order valence-corrected chi connectivity index (χ4v) is 21.5. The number of esters is 2. The maximum absolute atomic E-state index is 15.9. The number of amides is 1. The molecule has 1 aromatic carbocycles. The van der Waals surface area contributed by atoms with Crippen LogP contribution in [-0.4, -0.2) is 169 Å². The van der Waals surface area contributed by atoms with Crippen molar-refractivity contribution in [3.05, 3.63) is 35.4 Å². The molecular formula is C67H102N6O10S2. The fraction of sp³-hybridized carbons (Fsp3) is 0.806. The SMILES string of the molecule is CNC[C@@H]1C=C[C@@H](N2CCNCC2)C[C@H]1CCCN[C@@H]1CSSC[C@@](C)(O)C[C@H]2CC#C[C@H]3C[C@H]4c5c(ccc(O)c5OC[C@H]4C4(CO)CCCC4)[C@H]3C3(CCNCC3)[C@H](OC(=O)[C@]34CCCC[C@H]3CCC(=O)N4)C[C@H](OC(C)=O)[C@H]2CC[C@H]1O. The molecule has 5 aliphatic carbocycles. The number of carbonyl (C=O) groups excluding carboxylic acids is 3. The Morgan fingerprint density at radius 2 is 1.73 bits per heavy atom. The molecule has 11 rings (SSSR count). The average molecular weight is 1220 g/mol. The highest BCUT2D eigenvalue weighted by Crippen LogP contribution is 2.65. The fourth-order valence-electron chi connectivity index (χ4n) is 18.8. The smallest absolute Gasteiger partial charge is 0.332 e. The molecule has 10 aliphatic rings. The second kappa shape index (κ2) is 28.0. The minimum absolute atomic E-state index is 0.0108. The summed E-state index contributed by atoms with van der Waals surface area (Å²) < 4.78 is 20.9. The Labute approximate surface area is 514 Å². The molecular weight excluding hydrogens is 1110 g/mol. The van der Waals surface area contributed by atoms with Crippen LogP contribution >= 0.6 is 21.6 Å². The van der Waals surface area contributed by atoms with Crippen molar-refractivity contribution in [1.29, 1.82) is 0 Å². The predicted octanol–water partition coefficient (Wildman–Crippen LogP) is 7.32. The zero-order valence-electron chi connectivity index (χ0n) is 51.2. The van der Waals surface area contributed by atoms with Crippen LogP contribution in [0, 0.1) is 64.1 Å². The number of carbonyl (C=O) groups is 3. The number of aliphatic hydroxyl groups is 3. The highest BCUT2D eigenvalue weighted by molar-refractivity contribution is 8.76. The van der Waals surface area contributed by atoms with Gasteiger partial charge < -0.3 is 61.2 Å². The summed E-state index contributed by atoms with van der Waals surface area (Å²) in [5, 5.41) is 66.0. The topological polar surface area (TPSA) is 223 Å². The van der Waals surface area contributed by atoms with E-state index >= 15 is 4.79 Å². The van der Waals surface area contributed by atoms with Crippen molar-refractivity contribution in [2.45, 2.75) is 202 Å². The maximum Gasteiger partial charge on any atom is 0.332 e. The van der Waals surface area contributed by atoms with Crippen molar-refractivity contribution in [3.63, 3.8) is 0 Å². The Morgan fingerprint density at radius 1 is 0.941 bits per heavy atom. The molecule has 5 heterocycles. The normalized spacial score (nSPS) is 38.5. The first-order valence-corrected chi connectivity index (χ1v) is 35.8. The summed E-state index contributed by atoms with van der Waals surface area (Å²) in [4.78, 5) is 46.0. The molecule has 0 unspecified atom stereocenters. The number of benzene rings is 1. The van der Waals surface area contributed by atoms with Gasteiger partial charge in [0.15, 0.2) is 11.5 Å². The number of hydrogen-bond acceptors (Lipinski definition) is 17. The van der Waals surface area contributed by atoms with Gasteiger partial charge in [-0.2, -0.15) is 0 Å². The molecule has 2 saturated carbocycles. The second-order valence-corrected chi connectivity index (χ2v) is 30.8. The van der Waals surface area contributed by atoms with E-state index in [2.05, 4.69) is 61.5 Å². The van der Waals surface area contributed by atoms with E-state index in [0.29, 0.717) is 119 Å². The first-order chi connectivity index (χ1) is 41.2. The number of phenols is 1. The zero-order chi connectivity index (χ0) is 59.3. The van der Waals surface area contributed by atoms with Crippen molar-refractivity contribution in [3.8, 4) is 23.3 Å². The standard InChI is InChI=1S/C67H102N6O10S2/c1-43(75)82-57-36-58(83-63(79)67-24-5-4-13-48(67)15-21-59(78)72-67)66(25-28-69-29-26-66)61-45(35-52-53(65(41-74)22-6-7-23-65)39-81-62-56(77)20-18-51(61)60(52)62)10-8-11-46-37-64(2,80)42-85-84-40-54(55(76)19-17-50(46)57)71-27-9-12-44-34-49(16-14-47(44)38-68-3)73-32-30-70-31-33-73/h14,16,18,20,44-50,52-55,57-58,61,68-71,74,76-77,80H,4-7,9,11-13,15,17,19,21-42H2,1-3H3,(H,72,78)/t44-,45+,46-,47+,48+,49-,50+,52-,53-,54-,55-,57+,58-,61+,64+,67+/m1/s1. The number of nitrogens with one attached hydrogen (secondary N) is 5. The summed E-state index contributed by atoms with van der Waals surface area (Å²) in [5.74, 6) is 8.12. The van der Waals surface area contributed by atoms with Gasteiger partial charge in [-0.25, -0.2) is 4.79 Å². The lowest BCUT2D eigenvalue weighted by Crippen LogP contribution is -2.65. The van der Waals surface area contributed by atoms with Gasteiger partial charge in [0.25, 0.3) is 0 Å². The number of aromatic hydroxyl groups is 1. The molecule has 18 heteroatoms. The zero-order valence-corrected chi connectivity index (χ0v) is 52.9. The third-order valence-corrected chi connectivity index (χ3v) is 25.8. The summed E-state index contributed by atoms with van der Waals surface area (Å²) in [6.07, 6.45) is 17.4. The van der Waals surface area contributed by atoms with Crippen LogP contribution in [0.1, 0.15) is 172 Å². The Kier molecular flexibility index (Phi) is 20.9. The van der Waals surface area contributed by atoms with E-state index in [1.165, 1.54) is 6.92 Å². The quantitative estimate of drug-likeness (QED) is 0.0310. The number of fused-ring (bicyclic) bond motifs is 5. The van der Waals surface area contributed by atoms with E-state index in [4.69, 9.17) is 14.2 Å². The first-order valence-electron chi connectivity index (χ1n) is 33.3. The van der Waals surface area contributed by atoms with Crippen molar-refractivity contribution in [1.82, 2.24) is 31.5 Å². The van der Waals surface area contributed by atoms with Crippen LogP contribution in [0.15, 0.2) is 24.3 Å². The van der Waals surface area contributed by atoms with Crippen LogP contribution in [-0.2, 0) is 23.9 Å². The molecule has 472 valence electrons. The summed E-state index contributed by atoms with van der Waals surface area (Å²) >= 11 is 0. The Balaban J connectivity index is 0.955. The van der Waals surface area contributed by atoms with Crippen molar-refractivity contribution in [2.24, 2.45) is 52.3 Å². The molecule has 5 aliphatic heterocycles. The summed E-state index contributed by atoms with van der Waals surface area (Å²) in [6, 6.07) is 4.06. The van der Waals surface area contributed by atoms with Crippen molar-refractivity contribution >= 4 is 39.4 Å². The second-order valence-electron chi connectivity index (χ2n) is 28.2. The molecule has 6 fully saturated rings. The minimum atomic E-state index is -1.19. The third-order valence-electron chi connectivity index (χ3n) is 23.1. The summed E-state index contributed by atoms with van der Waals surface area (Å²) in [7, 11) is 5.38. The van der Waals surface area contributed by atoms with E-state index in [-0.39, 0.29) is 71.6 Å². The van der Waals surface area contributed by atoms with Gasteiger partial charge in [-0.3, -0.25) is 14.5 Å². The Bertz CT molecular complexity index is 2560. The molecule has 1 amide bonds. The Hall–Kier alpha value is -3.09. The van der Waals surface area contributed by atoms with E-state index in [1.807, 2.05) is 14.0 Å². The number of ether oxygens (including phenoxy) is 3. The molecule has 4 saturated heterocycles. The number of nitrogens with zero attached hydrogens (tertiary/aromatic N) is 1. The molecule has 85 heavy (non-hydrogen) atoms. The monoisotopic (exact) mass is 1210 g/mol. The number of rotatable bonds is 13. The van der Waals surface area contributed by atoms with Crippen molar-refractivity contribution in [2.75, 3.05) is 84.1 Å². The molecule has 0 aromatic heterocycles. The van der Waals surface area contributed by atoms with Gasteiger partial charge in [0, 0.05) is 129 Å². The van der Waals surface area contributed by atoms with Crippen LogP contribution in [0.5, 0.6) is 11.5 Å². The van der Waals surface area contributed by atoms with Gasteiger partial charge in [-0.05, 0) is 165 Å². The number of piperazine rings is 1. The third kappa shape index (κ3) is 13.7. The van der Waals surface area contributed by atoms with E-state index in [1.54, 1.807) is 27.7 Å². The molecule has 1 aromatic rings. The largest absolute Gasteiger partial charge is 0.504 e. The van der Waals surface area contributed by atoms with Gasteiger partial charge in [0.05, 0.1) is 18.3 Å². The van der Waals surface area contributed by atoms with Gasteiger partial charge in [-0.1, -0.05) is 71.4 Å². The molecule has 0 radical (unpaired) electrons. The highest BCUT2D eigenvalue weighted by Gasteiger charge is 2.61. The predicted molar refractivity (Wildman–Crippen MR) is 334 cm³/mol. The molecule has 9 N–H and O–H groups in total. The summed E-state index contributed by atoms with van der Waals surface area (Å²) in [5.41, 5.74) is -1.42. The molecule has 1 spiro atoms. The maximum atomic E-state index is 15.9. The number of hydrogen-bond donors (Lipinski definition) is 9. The lowest BCUT2D eigenvalue weighted by atomic mass is 9.51. The van der Waals surface area contributed by atoms with Gasteiger partial charge >= 0.3 is 11.9 Å². The van der Waals surface area contributed by atoms with E-state index in [9.17, 15) is 30.0 Å². The molecule has 0 bridgehead atoms. The first kappa shape index (κ1) is 63.5. The van der Waals surface area contributed by atoms with E-state index < -0.39 is 52.7 Å². The number of piperidine rings is 2. The molecule has 16 nitrogen and oxygen atoms in total. The number of phenolic OH excluding ortho intramolecular Hbond substituents is 1. The minimum Gasteiger partial charge on any atom is -0.504 e. The van der Waals surface area contributed by atoms with Gasteiger partial charge in [0.2, 0.25) is 5.91 Å². The van der Waals surface area contributed by atoms with Crippen molar-refractivity contribution < 1.29 is 49.0 Å². The lowest BCUT2D eigenvalue weighted by Gasteiger charge is -2.56. The van der Waals surface area contributed by atoms with Gasteiger partial charge in [-0.15, -0.1) is 5.92 Å². The highest BCUT2D eigenvalue weighted by atomic mass is 33.1. The van der Waals surface area contributed by atoms with Crippen LogP contribution in [0.3, 0.4) is 0 Å². The van der Waals surface area contributed by atoms with E-state index in [0.717, 1.165) is 115 Å². The van der Waals surface area contributed by atoms with Gasteiger partial charge in [0.1, 0.15) is 17.7 Å². The summed E-state index contributed by atoms with van der Waals surface area (Å²) in [6.45, 7) is 11.0. The van der Waals surface area contributed by atoms with Crippen LogP contribution in [0.4, 0.5) is 0 Å². The Morgan fingerprint density at radius 3 is 2.51 bits per heavy atom. The van der Waals surface area contributed by atoms with Crippen LogP contribution in [0.25, 0.3) is 0 Å². The lowest BCUT2D eigenvalue weighted by molar-refractivity contribution is -0.183.